The molecule has 3 aliphatic rings. The van der Waals surface area contributed by atoms with Gasteiger partial charge in [-0.15, -0.1) is 10.2 Å². The minimum atomic E-state index is -0.585. The van der Waals surface area contributed by atoms with E-state index >= 15 is 0 Å². The van der Waals surface area contributed by atoms with Crippen LogP contribution in [0.2, 0.25) is 5.02 Å². The Labute approximate surface area is 168 Å². The number of ether oxygens (including phenoxy) is 1. The highest BCUT2D eigenvalue weighted by atomic mass is 35.5. The number of carbonyl (C=O) groups excluding carboxylic acids is 1. The first kappa shape index (κ1) is 20.6. The summed E-state index contributed by atoms with van der Waals surface area (Å²) in [4.78, 5) is 11.9. The molecule has 5 rings (SSSR count). The Bertz CT molecular complexity index is 818. The minimum Gasteiger partial charge on any atom is -0.484 e. The lowest BCUT2D eigenvalue weighted by Crippen LogP contribution is -2.34. The molecule has 0 radical (unpaired) electrons. The number of halogens is 2. The summed E-state index contributed by atoms with van der Waals surface area (Å²) in [6.07, 6.45) is 5.85. The Balaban J connectivity index is 0.000000328. The second-order valence-electron chi connectivity index (χ2n) is 7.36. The van der Waals surface area contributed by atoms with Gasteiger partial charge < -0.3 is 14.5 Å². The molecular formula is C20H25ClFN3O3. The quantitative estimate of drug-likeness (QED) is 0.797. The largest absolute Gasteiger partial charge is 0.484 e. The molecule has 0 aliphatic heterocycles. The van der Waals surface area contributed by atoms with E-state index in [0.717, 1.165) is 24.8 Å². The smallest absolute Gasteiger partial charge is 0.258 e. The first-order valence-corrected chi connectivity index (χ1v) is 9.97. The average Bonchev–Trinajstić information content (AvgIpc) is 3.60. The van der Waals surface area contributed by atoms with E-state index in [4.69, 9.17) is 20.8 Å². The van der Waals surface area contributed by atoms with Gasteiger partial charge in [0.2, 0.25) is 12.3 Å². The fraction of sp³-hybridized carbons (Fsp3) is 0.550. The summed E-state index contributed by atoms with van der Waals surface area (Å²) in [7, 11) is 0. The predicted octanol–water partition coefficient (Wildman–Crippen LogP) is 4.28. The monoisotopic (exact) mass is 409 g/mol. The number of amides is 1. The van der Waals surface area contributed by atoms with Gasteiger partial charge in [-0.1, -0.05) is 45.2 Å². The third-order valence-electron chi connectivity index (χ3n) is 5.15. The first-order chi connectivity index (χ1) is 13.4. The van der Waals surface area contributed by atoms with Crippen molar-refractivity contribution in [3.63, 3.8) is 0 Å². The minimum absolute atomic E-state index is 0.0102. The van der Waals surface area contributed by atoms with Crippen LogP contribution in [0, 0.1) is 11.7 Å². The number of fused-ring (bicyclic) bond motifs is 1. The highest BCUT2D eigenvalue weighted by Crippen LogP contribution is 2.78. The maximum Gasteiger partial charge on any atom is 0.258 e. The van der Waals surface area contributed by atoms with E-state index in [1.54, 1.807) is 0 Å². The fourth-order valence-electron chi connectivity index (χ4n) is 3.02. The molecule has 3 aliphatic carbocycles. The third kappa shape index (κ3) is 4.29. The van der Waals surface area contributed by atoms with Crippen molar-refractivity contribution in [3.8, 4) is 5.75 Å². The van der Waals surface area contributed by atoms with Crippen LogP contribution in [0.25, 0.3) is 0 Å². The molecule has 1 aromatic carbocycles. The van der Waals surface area contributed by atoms with E-state index in [9.17, 15) is 9.18 Å². The molecular weight excluding hydrogens is 385 g/mol. The van der Waals surface area contributed by atoms with Gasteiger partial charge in [-0.2, -0.15) is 0 Å². The van der Waals surface area contributed by atoms with E-state index in [2.05, 4.69) is 22.4 Å². The molecule has 0 spiro atoms. The summed E-state index contributed by atoms with van der Waals surface area (Å²) in [5.41, 5.74) is -0.462. The van der Waals surface area contributed by atoms with E-state index in [1.165, 1.54) is 31.4 Å². The Morgan fingerprint density at radius 3 is 2.61 bits per heavy atom. The van der Waals surface area contributed by atoms with Crippen LogP contribution in [0.3, 0.4) is 0 Å². The zero-order valence-electron chi connectivity index (χ0n) is 16.3. The Morgan fingerprint density at radius 2 is 2.07 bits per heavy atom. The molecule has 1 aromatic heterocycles. The van der Waals surface area contributed by atoms with Crippen molar-refractivity contribution >= 4 is 17.5 Å². The zero-order chi connectivity index (χ0) is 20.4. The summed E-state index contributed by atoms with van der Waals surface area (Å²) >= 11 is 5.58. The van der Waals surface area contributed by atoms with Gasteiger partial charge in [-0.3, -0.25) is 4.79 Å². The third-order valence-corrected chi connectivity index (χ3v) is 5.45. The fourth-order valence-corrected chi connectivity index (χ4v) is 3.14. The Hall–Kier alpha value is -2.15. The lowest BCUT2D eigenvalue weighted by molar-refractivity contribution is -0.123. The van der Waals surface area contributed by atoms with Crippen LogP contribution in [-0.4, -0.2) is 28.3 Å². The predicted molar refractivity (Wildman–Crippen MR) is 103 cm³/mol. The number of hydrogen-bond donors (Lipinski definition) is 1. The normalized spacial score (nSPS) is 25.9. The number of hydrogen-bond acceptors (Lipinski definition) is 5. The molecule has 0 bridgehead atoms. The van der Waals surface area contributed by atoms with Gasteiger partial charge in [0.25, 0.3) is 5.91 Å². The summed E-state index contributed by atoms with van der Waals surface area (Å²) in [6.45, 7) is 6.09. The average molecular weight is 410 g/mol. The molecule has 152 valence electrons. The van der Waals surface area contributed by atoms with Gasteiger partial charge in [0, 0.05) is 6.07 Å². The van der Waals surface area contributed by atoms with Crippen LogP contribution in [0.4, 0.5) is 4.39 Å². The Kier molecular flexibility index (Phi) is 5.93. The first-order valence-electron chi connectivity index (χ1n) is 9.60. The number of nitrogens with zero attached hydrogens (tertiary/aromatic N) is 2. The lowest BCUT2D eigenvalue weighted by atomic mass is 10.2. The highest BCUT2D eigenvalue weighted by molar-refractivity contribution is 6.30. The molecule has 0 saturated heterocycles. The van der Waals surface area contributed by atoms with Crippen LogP contribution in [0.1, 0.15) is 52.3 Å². The van der Waals surface area contributed by atoms with E-state index in [1.807, 2.05) is 13.8 Å². The van der Waals surface area contributed by atoms with Gasteiger partial charge in [0.15, 0.2) is 6.61 Å². The second-order valence-corrected chi connectivity index (χ2v) is 7.76. The molecule has 2 aromatic rings. The highest BCUT2D eigenvalue weighted by Gasteiger charge is 2.87. The summed E-state index contributed by atoms with van der Waals surface area (Å²) in [5.74, 6) is 1.05. The van der Waals surface area contributed by atoms with Crippen molar-refractivity contribution in [3.05, 3.63) is 41.3 Å². The van der Waals surface area contributed by atoms with Crippen LogP contribution >= 0.6 is 11.6 Å². The van der Waals surface area contributed by atoms with Crippen LogP contribution < -0.4 is 10.1 Å². The summed E-state index contributed by atoms with van der Waals surface area (Å²) in [6, 6.07) is 4.03. The maximum atomic E-state index is 13.3. The van der Waals surface area contributed by atoms with E-state index < -0.39 is 5.82 Å². The van der Waals surface area contributed by atoms with Gasteiger partial charge in [-0.25, -0.2) is 4.39 Å². The molecule has 3 fully saturated rings. The standard InChI is InChI=1S/C14H11ClFN3O3.C4H8.C2H6/c15-9-2-1-8(3-10(9)16)21-4-11(20)18-14-5-13(14,6-14)12-19-17-7-22-12;1-4-2-3-4;1-2/h1-3,7H,4-6H2,(H,18,20);4H,2-3H2,1H3;1-2H3. The van der Waals surface area contributed by atoms with E-state index in [-0.39, 0.29) is 34.2 Å². The molecule has 1 amide bonds. The molecule has 0 atom stereocenters. The van der Waals surface area contributed by atoms with Crippen LogP contribution in [0.5, 0.6) is 5.75 Å². The number of rotatable bonds is 5. The Morgan fingerprint density at radius 1 is 1.39 bits per heavy atom. The van der Waals surface area contributed by atoms with Gasteiger partial charge in [0.1, 0.15) is 11.6 Å². The van der Waals surface area contributed by atoms with Crippen molar-refractivity contribution in [1.29, 1.82) is 0 Å². The van der Waals surface area contributed by atoms with E-state index in [0.29, 0.717) is 5.89 Å². The number of benzene rings is 1. The molecule has 6 nitrogen and oxygen atoms in total. The molecule has 1 N–H and O–H groups in total. The summed E-state index contributed by atoms with van der Waals surface area (Å²) in [5, 5.41) is 10.5. The van der Waals surface area contributed by atoms with Gasteiger partial charge >= 0.3 is 0 Å². The zero-order valence-corrected chi connectivity index (χ0v) is 17.1. The molecule has 3 saturated carbocycles. The SMILES string of the molecule is CC.CC1CC1.O=C(COc1ccc(Cl)c(F)c1)NC12CC1(c1nnco1)C2. The number of nitrogens with one attached hydrogen (secondary N) is 1. The lowest BCUT2D eigenvalue weighted by Gasteiger charge is -2.09. The van der Waals surface area contributed by atoms with Gasteiger partial charge in [0.05, 0.1) is 16.0 Å². The maximum absolute atomic E-state index is 13.3. The topological polar surface area (TPSA) is 77.2 Å². The second kappa shape index (κ2) is 8.07. The van der Waals surface area contributed by atoms with Crippen molar-refractivity contribution in [1.82, 2.24) is 15.5 Å². The van der Waals surface area contributed by atoms with Crippen LogP contribution in [-0.2, 0) is 10.2 Å². The summed E-state index contributed by atoms with van der Waals surface area (Å²) < 4.78 is 23.7. The molecule has 1 heterocycles. The van der Waals surface area contributed by atoms with Crippen molar-refractivity contribution in [2.75, 3.05) is 6.61 Å². The number of aromatic nitrogens is 2. The van der Waals surface area contributed by atoms with Crippen molar-refractivity contribution in [2.45, 2.75) is 57.4 Å². The van der Waals surface area contributed by atoms with Gasteiger partial charge in [-0.05, 0) is 30.9 Å². The van der Waals surface area contributed by atoms with Crippen LogP contribution in [0.15, 0.2) is 29.0 Å². The molecule has 8 heteroatoms. The van der Waals surface area contributed by atoms with Crippen molar-refractivity contribution in [2.24, 2.45) is 5.92 Å². The van der Waals surface area contributed by atoms with Crippen molar-refractivity contribution < 1.29 is 18.3 Å². The molecule has 28 heavy (non-hydrogen) atoms. The molecule has 0 unspecified atom stereocenters. The number of carbonyl (C=O) groups is 1.